The molecule has 0 unspecified atom stereocenters. The molecule has 2 aromatic carbocycles. The van der Waals surface area contributed by atoms with E-state index in [0.29, 0.717) is 17.9 Å². The number of nitrogens with zero attached hydrogens (tertiary/aromatic N) is 1. The van der Waals surface area contributed by atoms with Crippen molar-refractivity contribution in [3.05, 3.63) is 70.4 Å². The lowest BCUT2D eigenvalue weighted by molar-refractivity contribution is -0.120. The first kappa shape index (κ1) is 23.0. The van der Waals surface area contributed by atoms with Crippen LogP contribution in [0.3, 0.4) is 0 Å². The van der Waals surface area contributed by atoms with Crippen LogP contribution in [-0.2, 0) is 19.1 Å². The summed E-state index contributed by atoms with van der Waals surface area (Å²) < 4.78 is 9.89. The summed E-state index contributed by atoms with van der Waals surface area (Å²) >= 11 is 6.15. The maximum absolute atomic E-state index is 13.0. The third-order valence-electron chi connectivity index (χ3n) is 4.70. The van der Waals surface area contributed by atoms with Crippen molar-refractivity contribution in [3.8, 4) is 0 Å². The van der Waals surface area contributed by atoms with Gasteiger partial charge < -0.3 is 14.8 Å². The number of esters is 2. The molecular formula is C23H21ClN2O6. The van der Waals surface area contributed by atoms with Gasteiger partial charge in [-0.1, -0.05) is 37.1 Å². The first-order chi connectivity index (χ1) is 15.4. The summed E-state index contributed by atoms with van der Waals surface area (Å²) in [5.41, 5.74) is 0.763. The summed E-state index contributed by atoms with van der Waals surface area (Å²) in [6, 6.07) is 12.3. The molecule has 2 amide bonds. The predicted molar refractivity (Wildman–Crippen MR) is 118 cm³/mol. The van der Waals surface area contributed by atoms with Crippen LogP contribution in [0.2, 0.25) is 0 Å². The number of hydrogen-bond donors (Lipinski definition) is 1. The second kappa shape index (κ2) is 10.1. The van der Waals surface area contributed by atoms with Gasteiger partial charge in [0.2, 0.25) is 0 Å². The number of benzene rings is 2. The van der Waals surface area contributed by atoms with Crippen LogP contribution in [0.5, 0.6) is 0 Å². The summed E-state index contributed by atoms with van der Waals surface area (Å²) in [4.78, 5) is 50.6. The molecule has 0 saturated carbocycles. The molecule has 1 N–H and O–H groups in total. The average molecular weight is 457 g/mol. The number of para-hydroxylation sites is 1. The Morgan fingerprint density at radius 3 is 2.34 bits per heavy atom. The van der Waals surface area contributed by atoms with Crippen molar-refractivity contribution in [2.24, 2.45) is 0 Å². The maximum atomic E-state index is 13.0. The molecule has 1 heterocycles. The quantitative estimate of drug-likeness (QED) is 0.365. The van der Waals surface area contributed by atoms with E-state index in [4.69, 9.17) is 21.1 Å². The number of carbonyl (C=O) groups excluding carboxylic acids is 4. The van der Waals surface area contributed by atoms with Crippen molar-refractivity contribution < 1.29 is 28.7 Å². The Balaban J connectivity index is 1.79. The highest BCUT2D eigenvalue weighted by Crippen LogP contribution is 2.32. The normalized spacial score (nSPS) is 13.4. The molecule has 0 aromatic heterocycles. The number of unbranched alkanes of at least 4 members (excludes halogenated alkanes) is 1. The molecular weight excluding hydrogens is 436 g/mol. The largest absolute Gasteiger partial charge is 0.465 e. The highest BCUT2D eigenvalue weighted by atomic mass is 35.5. The van der Waals surface area contributed by atoms with Gasteiger partial charge in [-0.3, -0.25) is 9.59 Å². The number of imide groups is 1. The van der Waals surface area contributed by atoms with E-state index < -0.39 is 23.8 Å². The Bertz CT molecular complexity index is 1090. The van der Waals surface area contributed by atoms with Crippen molar-refractivity contribution in [2.45, 2.75) is 19.8 Å². The Hall–Kier alpha value is -3.65. The molecule has 0 atom stereocenters. The number of amides is 2. The first-order valence-electron chi connectivity index (χ1n) is 9.89. The van der Waals surface area contributed by atoms with Gasteiger partial charge in [0.1, 0.15) is 10.7 Å². The molecule has 9 heteroatoms. The molecule has 0 aliphatic carbocycles. The van der Waals surface area contributed by atoms with Crippen LogP contribution in [-0.4, -0.2) is 37.5 Å². The second-order valence-corrected chi connectivity index (χ2v) is 7.21. The van der Waals surface area contributed by atoms with Crippen molar-refractivity contribution in [2.75, 3.05) is 23.9 Å². The predicted octanol–water partition coefficient (Wildman–Crippen LogP) is 3.87. The molecule has 0 spiro atoms. The minimum Gasteiger partial charge on any atom is -0.465 e. The first-order valence-corrected chi connectivity index (χ1v) is 10.3. The van der Waals surface area contributed by atoms with Gasteiger partial charge in [-0.2, -0.15) is 0 Å². The second-order valence-electron chi connectivity index (χ2n) is 6.84. The van der Waals surface area contributed by atoms with Crippen molar-refractivity contribution in [1.29, 1.82) is 0 Å². The van der Waals surface area contributed by atoms with Crippen molar-refractivity contribution in [3.63, 3.8) is 0 Å². The summed E-state index contributed by atoms with van der Waals surface area (Å²) in [5.74, 6) is -2.63. The monoisotopic (exact) mass is 456 g/mol. The third-order valence-corrected chi connectivity index (χ3v) is 5.05. The number of rotatable bonds is 8. The fourth-order valence-electron chi connectivity index (χ4n) is 3.01. The van der Waals surface area contributed by atoms with E-state index in [2.05, 4.69) is 5.32 Å². The van der Waals surface area contributed by atoms with Gasteiger partial charge in [-0.25, -0.2) is 14.5 Å². The zero-order chi connectivity index (χ0) is 23.3. The highest BCUT2D eigenvalue weighted by molar-refractivity contribution is 6.53. The molecule has 0 bridgehead atoms. The summed E-state index contributed by atoms with van der Waals surface area (Å²) in [6.45, 7) is 2.34. The highest BCUT2D eigenvalue weighted by Gasteiger charge is 2.40. The van der Waals surface area contributed by atoms with E-state index in [1.165, 1.54) is 31.4 Å². The Kier molecular flexibility index (Phi) is 7.27. The molecule has 32 heavy (non-hydrogen) atoms. The van der Waals surface area contributed by atoms with E-state index in [1.807, 2.05) is 6.92 Å². The summed E-state index contributed by atoms with van der Waals surface area (Å²) in [7, 11) is 1.20. The molecule has 166 valence electrons. The van der Waals surface area contributed by atoms with Crippen LogP contribution in [0.15, 0.2) is 59.3 Å². The van der Waals surface area contributed by atoms with Gasteiger partial charge in [0.25, 0.3) is 11.8 Å². The molecule has 0 fully saturated rings. The third kappa shape index (κ3) is 4.65. The number of methoxy groups -OCH3 is 1. The van der Waals surface area contributed by atoms with Crippen LogP contribution in [0, 0.1) is 0 Å². The SMILES string of the molecule is CCCCOC(=O)c1ccc(NC2=C(Cl)C(=O)N(c3ccccc3C(=O)OC)C2=O)cc1. The number of halogens is 1. The fraction of sp³-hybridized carbons (Fsp3) is 0.217. The van der Waals surface area contributed by atoms with Crippen LogP contribution in [0.1, 0.15) is 40.5 Å². The number of anilines is 2. The van der Waals surface area contributed by atoms with Crippen LogP contribution in [0.4, 0.5) is 11.4 Å². The molecule has 2 aromatic rings. The number of ether oxygens (including phenoxy) is 2. The number of hydrogen-bond acceptors (Lipinski definition) is 7. The lowest BCUT2D eigenvalue weighted by Gasteiger charge is -2.17. The molecule has 1 aliphatic rings. The topological polar surface area (TPSA) is 102 Å². The van der Waals surface area contributed by atoms with Gasteiger partial charge in [-0.15, -0.1) is 0 Å². The Morgan fingerprint density at radius 2 is 1.69 bits per heavy atom. The van der Waals surface area contributed by atoms with E-state index >= 15 is 0 Å². The zero-order valence-corrected chi connectivity index (χ0v) is 18.3. The Morgan fingerprint density at radius 1 is 1.00 bits per heavy atom. The summed E-state index contributed by atoms with van der Waals surface area (Å²) in [5, 5.41) is 2.50. The van der Waals surface area contributed by atoms with Crippen LogP contribution in [0.25, 0.3) is 0 Å². The van der Waals surface area contributed by atoms with Crippen LogP contribution >= 0.6 is 11.6 Å². The lowest BCUT2D eigenvalue weighted by Crippen LogP contribution is -2.33. The minimum absolute atomic E-state index is 0.0494. The molecule has 1 aliphatic heterocycles. The number of carbonyl (C=O) groups is 4. The van der Waals surface area contributed by atoms with E-state index in [0.717, 1.165) is 17.7 Å². The van der Waals surface area contributed by atoms with E-state index in [9.17, 15) is 19.2 Å². The van der Waals surface area contributed by atoms with Crippen LogP contribution < -0.4 is 10.2 Å². The maximum Gasteiger partial charge on any atom is 0.339 e. The van der Waals surface area contributed by atoms with Crippen molar-refractivity contribution in [1.82, 2.24) is 0 Å². The average Bonchev–Trinajstić information content (AvgIpc) is 3.02. The van der Waals surface area contributed by atoms with Gasteiger partial charge in [-0.05, 0) is 42.8 Å². The zero-order valence-electron chi connectivity index (χ0n) is 17.5. The lowest BCUT2D eigenvalue weighted by atomic mass is 10.1. The minimum atomic E-state index is -0.772. The fourth-order valence-corrected chi connectivity index (χ4v) is 3.22. The summed E-state index contributed by atoms with van der Waals surface area (Å²) in [6.07, 6.45) is 1.70. The van der Waals surface area contributed by atoms with Gasteiger partial charge >= 0.3 is 11.9 Å². The number of nitrogens with one attached hydrogen (secondary N) is 1. The standard InChI is InChI=1S/C23H21ClN2O6/c1-3-4-13-32-22(29)14-9-11-15(12-10-14)25-19-18(24)20(27)26(21(19)28)17-8-6-5-7-16(17)23(30)31-2/h5-12,25H,3-4,13H2,1-2H3. The van der Waals surface area contributed by atoms with Crippen molar-refractivity contribution >= 4 is 46.7 Å². The van der Waals surface area contributed by atoms with Gasteiger partial charge in [0.15, 0.2) is 0 Å². The molecule has 8 nitrogen and oxygen atoms in total. The Labute approximate surface area is 189 Å². The molecule has 0 radical (unpaired) electrons. The smallest absolute Gasteiger partial charge is 0.339 e. The molecule has 3 rings (SSSR count). The van der Waals surface area contributed by atoms with Gasteiger partial charge in [0.05, 0.1) is 30.5 Å². The van der Waals surface area contributed by atoms with Gasteiger partial charge in [0, 0.05) is 5.69 Å². The van der Waals surface area contributed by atoms with E-state index in [-0.39, 0.29) is 22.0 Å². The molecule has 0 saturated heterocycles. The van der Waals surface area contributed by atoms with E-state index in [1.54, 1.807) is 24.3 Å².